The maximum absolute atomic E-state index is 2.38. The zero-order chi connectivity index (χ0) is 33.0. The first-order valence-electron chi connectivity index (χ1n) is 17.1. The molecule has 0 unspecified atom stereocenters. The molecule has 0 saturated heterocycles. The van der Waals surface area contributed by atoms with Crippen LogP contribution in [-0.2, 0) is 0 Å². The predicted molar refractivity (Wildman–Crippen MR) is 217 cm³/mol. The van der Waals surface area contributed by atoms with Gasteiger partial charge in [-0.1, -0.05) is 133 Å². The quantitative estimate of drug-likeness (QED) is 0.167. The fraction of sp³-hybridized carbons (Fsp3) is 0. The Bertz CT molecular complexity index is 2850. The molecule has 0 fully saturated rings. The average molecular weight is 654 g/mol. The molecule has 1 nitrogen and oxygen atoms in total. The normalized spacial score (nSPS) is 11.6. The second-order valence-electron chi connectivity index (χ2n) is 13.0. The molecule has 0 aliphatic rings. The molecule has 10 rings (SSSR count). The van der Waals surface area contributed by atoms with Crippen LogP contribution < -0.4 is 4.90 Å². The third kappa shape index (κ3) is 4.84. The molecule has 9 aromatic carbocycles. The number of nitrogens with zero attached hydrogens (tertiary/aromatic N) is 1. The van der Waals surface area contributed by atoms with Gasteiger partial charge in [0, 0.05) is 37.2 Å². The topological polar surface area (TPSA) is 3.24 Å². The Labute approximate surface area is 294 Å². The highest BCUT2D eigenvalue weighted by atomic mass is 32.1. The van der Waals surface area contributed by atoms with Crippen molar-refractivity contribution in [1.82, 2.24) is 0 Å². The lowest BCUT2D eigenvalue weighted by Crippen LogP contribution is -2.09. The van der Waals surface area contributed by atoms with E-state index >= 15 is 0 Å². The largest absolute Gasteiger partial charge is 0.310 e. The molecule has 1 aromatic heterocycles. The minimum absolute atomic E-state index is 1.12. The molecule has 1 heterocycles. The Balaban J connectivity index is 1.05. The maximum atomic E-state index is 2.38. The summed E-state index contributed by atoms with van der Waals surface area (Å²) in [5.74, 6) is 0. The van der Waals surface area contributed by atoms with E-state index in [-0.39, 0.29) is 0 Å². The van der Waals surface area contributed by atoms with Crippen LogP contribution in [0.15, 0.2) is 188 Å². The fourth-order valence-corrected chi connectivity index (χ4v) is 8.63. The molecule has 0 aliphatic carbocycles. The van der Waals surface area contributed by atoms with Crippen LogP contribution in [0.3, 0.4) is 0 Å². The molecule has 0 radical (unpaired) electrons. The minimum Gasteiger partial charge on any atom is -0.310 e. The van der Waals surface area contributed by atoms with Crippen molar-refractivity contribution in [2.24, 2.45) is 0 Å². The van der Waals surface area contributed by atoms with Crippen LogP contribution in [0.5, 0.6) is 0 Å². The maximum Gasteiger partial charge on any atom is 0.0468 e. The molecular weight excluding hydrogens is 623 g/mol. The third-order valence-electron chi connectivity index (χ3n) is 10.1. The molecule has 0 amide bonds. The van der Waals surface area contributed by atoms with E-state index in [1.54, 1.807) is 0 Å². The van der Waals surface area contributed by atoms with Gasteiger partial charge in [0.05, 0.1) is 0 Å². The van der Waals surface area contributed by atoms with E-state index < -0.39 is 0 Å². The molecular formula is C48H31NS. The van der Waals surface area contributed by atoms with Crippen molar-refractivity contribution in [3.63, 3.8) is 0 Å². The van der Waals surface area contributed by atoms with E-state index in [2.05, 4.69) is 193 Å². The molecule has 10 aromatic rings. The Hall–Kier alpha value is -6.22. The number of hydrogen-bond donors (Lipinski definition) is 0. The SMILES string of the molecule is c1ccc(-c2ccc(N(c3ccc(-c4ccc5c(ccc6c7ccccc7ccc56)c4)cc3)c3ccc4sc5ccccc5c4c3)cc2)cc1. The summed E-state index contributed by atoms with van der Waals surface area (Å²) in [6, 6.07) is 68.7. The van der Waals surface area contributed by atoms with Gasteiger partial charge in [0.2, 0.25) is 0 Å². The molecule has 234 valence electrons. The van der Waals surface area contributed by atoms with Crippen LogP contribution in [-0.4, -0.2) is 0 Å². The summed E-state index contributed by atoms with van der Waals surface area (Å²) in [6.45, 7) is 0. The summed E-state index contributed by atoms with van der Waals surface area (Å²) in [6.07, 6.45) is 0. The van der Waals surface area contributed by atoms with Crippen molar-refractivity contribution in [3.05, 3.63) is 188 Å². The molecule has 0 saturated carbocycles. The van der Waals surface area contributed by atoms with E-state index in [0.29, 0.717) is 0 Å². The van der Waals surface area contributed by atoms with Gasteiger partial charge in [0.15, 0.2) is 0 Å². The van der Waals surface area contributed by atoms with Crippen molar-refractivity contribution in [2.75, 3.05) is 4.90 Å². The molecule has 0 spiro atoms. The average Bonchev–Trinajstić information content (AvgIpc) is 3.56. The minimum atomic E-state index is 1.12. The Morgan fingerprint density at radius 1 is 0.280 bits per heavy atom. The van der Waals surface area contributed by atoms with Gasteiger partial charge in [-0.3, -0.25) is 0 Å². The molecule has 0 bridgehead atoms. The van der Waals surface area contributed by atoms with E-state index in [1.165, 1.54) is 74.7 Å². The van der Waals surface area contributed by atoms with Gasteiger partial charge in [0.25, 0.3) is 0 Å². The zero-order valence-corrected chi connectivity index (χ0v) is 28.1. The second kappa shape index (κ2) is 11.7. The number of rotatable bonds is 5. The van der Waals surface area contributed by atoms with Gasteiger partial charge in [-0.25, -0.2) is 0 Å². The van der Waals surface area contributed by atoms with Crippen molar-refractivity contribution in [2.45, 2.75) is 0 Å². The van der Waals surface area contributed by atoms with Crippen LogP contribution in [0, 0.1) is 0 Å². The Kier molecular flexibility index (Phi) is 6.75. The number of hydrogen-bond acceptors (Lipinski definition) is 2. The summed E-state index contributed by atoms with van der Waals surface area (Å²) in [5, 5.41) is 10.3. The van der Waals surface area contributed by atoms with Crippen molar-refractivity contribution >= 4 is 80.9 Å². The van der Waals surface area contributed by atoms with Gasteiger partial charge in [-0.15, -0.1) is 11.3 Å². The lowest BCUT2D eigenvalue weighted by atomic mass is 9.95. The monoisotopic (exact) mass is 653 g/mol. The van der Waals surface area contributed by atoms with Crippen molar-refractivity contribution < 1.29 is 0 Å². The van der Waals surface area contributed by atoms with Crippen molar-refractivity contribution in [1.29, 1.82) is 0 Å². The Morgan fingerprint density at radius 2 is 0.800 bits per heavy atom. The fourth-order valence-electron chi connectivity index (χ4n) is 7.55. The first kappa shape index (κ1) is 28.8. The first-order valence-corrected chi connectivity index (χ1v) is 17.9. The van der Waals surface area contributed by atoms with Crippen LogP contribution in [0.1, 0.15) is 0 Å². The van der Waals surface area contributed by atoms with Crippen LogP contribution in [0.25, 0.3) is 74.7 Å². The number of thiophene rings is 1. The highest BCUT2D eigenvalue weighted by Crippen LogP contribution is 2.42. The molecule has 2 heteroatoms. The molecule has 0 N–H and O–H groups in total. The van der Waals surface area contributed by atoms with E-state index in [4.69, 9.17) is 0 Å². The van der Waals surface area contributed by atoms with Gasteiger partial charge in [-0.05, 0) is 109 Å². The summed E-state index contributed by atoms with van der Waals surface area (Å²) < 4.78 is 2.63. The lowest BCUT2D eigenvalue weighted by molar-refractivity contribution is 1.29. The standard InChI is InChI=1S/C48H31NS/c1-2-8-32(9-3-1)33-14-21-38(22-15-33)49(40-25-29-48-46(31-40)45-12-6-7-13-47(45)50-48)39-23-16-34(17-24-39)36-19-26-42-37(30-36)20-28-43-41-11-5-4-10-35(41)18-27-44(42)43/h1-31H. The molecule has 0 atom stereocenters. The first-order chi connectivity index (χ1) is 24.8. The lowest BCUT2D eigenvalue weighted by Gasteiger charge is -2.26. The predicted octanol–water partition coefficient (Wildman–Crippen LogP) is 14.3. The van der Waals surface area contributed by atoms with Crippen molar-refractivity contribution in [3.8, 4) is 22.3 Å². The molecule has 50 heavy (non-hydrogen) atoms. The highest BCUT2D eigenvalue weighted by molar-refractivity contribution is 7.25. The number of benzene rings is 9. The summed E-state index contributed by atoms with van der Waals surface area (Å²) in [7, 11) is 0. The van der Waals surface area contributed by atoms with Crippen LogP contribution in [0.4, 0.5) is 17.1 Å². The number of fused-ring (bicyclic) bond motifs is 8. The summed E-state index contributed by atoms with van der Waals surface area (Å²) in [5.41, 5.74) is 8.24. The van der Waals surface area contributed by atoms with E-state index in [1.807, 2.05) is 11.3 Å². The third-order valence-corrected chi connectivity index (χ3v) is 11.2. The summed E-state index contributed by atoms with van der Waals surface area (Å²) >= 11 is 1.86. The number of anilines is 3. The van der Waals surface area contributed by atoms with Gasteiger partial charge in [-0.2, -0.15) is 0 Å². The second-order valence-corrected chi connectivity index (χ2v) is 14.0. The van der Waals surface area contributed by atoms with Crippen LogP contribution >= 0.6 is 11.3 Å². The highest BCUT2D eigenvalue weighted by Gasteiger charge is 2.16. The van der Waals surface area contributed by atoms with Gasteiger partial charge in [0.1, 0.15) is 0 Å². The van der Waals surface area contributed by atoms with E-state index in [9.17, 15) is 0 Å². The van der Waals surface area contributed by atoms with Gasteiger partial charge >= 0.3 is 0 Å². The molecule has 0 aliphatic heterocycles. The zero-order valence-electron chi connectivity index (χ0n) is 27.3. The Morgan fingerprint density at radius 3 is 1.56 bits per heavy atom. The summed E-state index contributed by atoms with van der Waals surface area (Å²) in [4.78, 5) is 2.38. The smallest absolute Gasteiger partial charge is 0.0468 e. The van der Waals surface area contributed by atoms with E-state index in [0.717, 1.165) is 17.1 Å². The van der Waals surface area contributed by atoms with Gasteiger partial charge < -0.3 is 4.90 Å². The van der Waals surface area contributed by atoms with Crippen LogP contribution in [0.2, 0.25) is 0 Å².